The summed E-state index contributed by atoms with van der Waals surface area (Å²) in [6, 6.07) is -0.551. The highest BCUT2D eigenvalue weighted by molar-refractivity contribution is 8.01. The van der Waals surface area contributed by atoms with Crippen molar-refractivity contribution in [1.82, 2.24) is 30.2 Å². The van der Waals surface area contributed by atoms with Gasteiger partial charge in [-0.2, -0.15) is 4.68 Å². The van der Waals surface area contributed by atoms with Crippen LogP contribution >= 0.6 is 34.9 Å². The van der Waals surface area contributed by atoms with Crippen LogP contribution in [0.25, 0.3) is 0 Å². The molecule has 2 aliphatic heterocycles. The molecule has 0 saturated carbocycles. The van der Waals surface area contributed by atoms with Gasteiger partial charge in [-0.3, -0.25) is 14.5 Å². The molecular formula is C18H19N7O6S3. The van der Waals surface area contributed by atoms with E-state index in [1.807, 2.05) is 6.92 Å². The molecule has 1 fully saturated rings. The number of nitro groups is 1. The highest BCUT2D eigenvalue weighted by Gasteiger charge is 2.54. The van der Waals surface area contributed by atoms with E-state index < -0.39 is 40.2 Å². The first-order chi connectivity index (χ1) is 16.1. The summed E-state index contributed by atoms with van der Waals surface area (Å²) in [5.74, 6) is -1.92. The van der Waals surface area contributed by atoms with Crippen LogP contribution in [0.5, 0.6) is 0 Å². The Bertz CT molecular complexity index is 1220. The summed E-state index contributed by atoms with van der Waals surface area (Å²) < 4.78 is 1.93. The third-order valence-corrected chi connectivity index (χ3v) is 8.67. The van der Waals surface area contributed by atoms with Crippen LogP contribution in [0.1, 0.15) is 23.7 Å². The minimum atomic E-state index is -1.21. The van der Waals surface area contributed by atoms with E-state index in [4.69, 9.17) is 0 Å². The molecule has 0 radical (unpaired) electrons. The molecule has 0 aromatic carbocycles. The van der Waals surface area contributed by atoms with Crippen molar-refractivity contribution in [2.75, 3.05) is 11.5 Å². The number of nitrogens with zero attached hydrogens (tertiary/aromatic N) is 6. The lowest BCUT2D eigenvalue weighted by Crippen LogP contribution is -2.71. The second kappa shape index (κ2) is 9.34. The monoisotopic (exact) mass is 525 g/mol. The molecule has 13 nitrogen and oxygen atoms in total. The lowest BCUT2D eigenvalue weighted by molar-refractivity contribution is -0.389. The molecule has 180 valence electrons. The molecule has 1 saturated heterocycles. The number of amides is 2. The number of carbonyl (C=O) groups is 3. The number of aliphatic carboxylic acids is 1. The van der Waals surface area contributed by atoms with Crippen LogP contribution in [0.3, 0.4) is 0 Å². The molecule has 0 bridgehead atoms. The average molecular weight is 526 g/mol. The maximum absolute atomic E-state index is 12.9. The van der Waals surface area contributed by atoms with Crippen molar-refractivity contribution in [2.24, 2.45) is 0 Å². The van der Waals surface area contributed by atoms with Gasteiger partial charge < -0.3 is 20.5 Å². The van der Waals surface area contributed by atoms with Gasteiger partial charge in [-0.15, -0.1) is 22.0 Å². The molecule has 2 N–H and O–H groups in total. The van der Waals surface area contributed by atoms with Gasteiger partial charge in [0.1, 0.15) is 28.2 Å². The number of carboxylic acid groups (broad SMARTS) is 1. The highest BCUT2D eigenvalue weighted by atomic mass is 32.2. The van der Waals surface area contributed by atoms with Crippen molar-refractivity contribution in [1.29, 1.82) is 0 Å². The van der Waals surface area contributed by atoms with Gasteiger partial charge in [0.15, 0.2) is 4.34 Å². The van der Waals surface area contributed by atoms with Crippen LogP contribution in [0.15, 0.2) is 21.7 Å². The molecule has 2 aliphatic rings. The predicted octanol–water partition coefficient (Wildman–Crippen LogP) is 1.35. The van der Waals surface area contributed by atoms with Crippen LogP contribution in [0.4, 0.5) is 5.82 Å². The summed E-state index contributed by atoms with van der Waals surface area (Å²) in [6.45, 7) is 4.93. The fraction of sp³-hybridized carbons (Fsp3) is 0.444. The number of fused-ring (bicyclic) bond motifs is 1. The first-order valence-corrected chi connectivity index (χ1v) is 12.8. The Morgan fingerprint density at radius 3 is 2.74 bits per heavy atom. The molecule has 2 aromatic rings. The SMILES string of the molecule is Cc1nnc(SCC2=C(C(=O)O)N3C(=O)C(NC(=O)C(C)n4nc([N+](=O)[O-])cc4C)C3SC2)s1. The van der Waals surface area contributed by atoms with Gasteiger partial charge in [-0.25, -0.2) is 4.79 Å². The molecule has 3 atom stereocenters. The Balaban J connectivity index is 1.46. The van der Waals surface area contributed by atoms with Gasteiger partial charge in [0.2, 0.25) is 5.91 Å². The Labute approximate surface area is 205 Å². The quantitative estimate of drug-likeness (QED) is 0.220. The maximum atomic E-state index is 12.9. The van der Waals surface area contributed by atoms with Crippen LogP contribution in [0, 0.1) is 24.0 Å². The lowest BCUT2D eigenvalue weighted by atomic mass is 10.0. The number of aromatic nitrogens is 4. The van der Waals surface area contributed by atoms with Crippen molar-refractivity contribution in [3.05, 3.63) is 38.2 Å². The highest BCUT2D eigenvalue weighted by Crippen LogP contribution is 2.42. The number of rotatable bonds is 8. The number of β-lactam (4-membered cyclic amide) rings is 1. The van der Waals surface area contributed by atoms with Crippen molar-refractivity contribution in [2.45, 2.75) is 42.6 Å². The number of aryl methyl sites for hydroxylation is 2. The second-order valence-corrected chi connectivity index (χ2v) is 11.1. The molecule has 2 amide bonds. The fourth-order valence-electron chi connectivity index (χ4n) is 3.62. The zero-order chi connectivity index (χ0) is 24.7. The Morgan fingerprint density at radius 1 is 1.41 bits per heavy atom. The second-order valence-electron chi connectivity index (χ2n) is 7.55. The van der Waals surface area contributed by atoms with Gasteiger partial charge in [-0.1, -0.05) is 23.1 Å². The first-order valence-electron chi connectivity index (χ1n) is 9.92. The van der Waals surface area contributed by atoms with Crippen LogP contribution in [-0.2, 0) is 14.4 Å². The normalized spacial score (nSPS) is 20.6. The van der Waals surface area contributed by atoms with Crippen molar-refractivity contribution in [3.8, 4) is 0 Å². The molecule has 4 rings (SSSR count). The topological polar surface area (TPSA) is 173 Å². The molecular weight excluding hydrogens is 506 g/mol. The Kier molecular flexibility index (Phi) is 6.64. The standard InChI is InChI=1S/C18H19N7O6S3/c1-7-4-11(25(30)31)22-24(7)8(2)14(26)19-12-15(27)23-13(17(28)29)10(5-32-16(12)23)6-33-18-21-20-9(3)34-18/h4,8,12,16H,5-6H2,1-3H3,(H,19,26)(H,28,29). The van der Waals surface area contributed by atoms with Gasteiger partial charge in [0, 0.05) is 11.5 Å². The van der Waals surface area contributed by atoms with E-state index in [0.717, 1.165) is 5.01 Å². The van der Waals surface area contributed by atoms with E-state index in [1.165, 1.54) is 57.4 Å². The minimum absolute atomic E-state index is 0.0698. The summed E-state index contributed by atoms with van der Waals surface area (Å²) in [4.78, 5) is 49.1. The molecule has 2 aromatic heterocycles. The van der Waals surface area contributed by atoms with Crippen LogP contribution in [0.2, 0.25) is 0 Å². The van der Waals surface area contributed by atoms with Crippen molar-refractivity contribution < 1.29 is 24.4 Å². The minimum Gasteiger partial charge on any atom is -0.477 e. The number of thioether (sulfide) groups is 2. The Hall–Kier alpha value is -2.98. The zero-order valence-electron chi connectivity index (χ0n) is 18.1. The van der Waals surface area contributed by atoms with Gasteiger partial charge >= 0.3 is 11.8 Å². The number of hydrogen-bond donors (Lipinski definition) is 2. The van der Waals surface area contributed by atoms with Gasteiger partial charge in [-0.05, 0) is 31.3 Å². The van der Waals surface area contributed by atoms with Crippen molar-refractivity contribution >= 4 is 58.5 Å². The van der Waals surface area contributed by atoms with Gasteiger partial charge in [0.25, 0.3) is 5.91 Å². The fourth-order valence-corrected chi connectivity index (χ4v) is 6.92. The third-order valence-electron chi connectivity index (χ3n) is 5.27. The van der Waals surface area contributed by atoms with E-state index in [0.29, 0.717) is 27.1 Å². The Morgan fingerprint density at radius 2 is 2.15 bits per heavy atom. The number of carboxylic acids is 1. The zero-order valence-corrected chi connectivity index (χ0v) is 20.6. The molecule has 34 heavy (non-hydrogen) atoms. The van der Waals surface area contributed by atoms with E-state index in [-0.39, 0.29) is 11.5 Å². The summed E-state index contributed by atoms with van der Waals surface area (Å²) in [7, 11) is 0. The van der Waals surface area contributed by atoms with E-state index in [9.17, 15) is 29.6 Å². The van der Waals surface area contributed by atoms with Gasteiger partial charge in [0.05, 0.1) is 16.9 Å². The summed E-state index contributed by atoms with van der Waals surface area (Å²) >= 11 is 4.13. The summed E-state index contributed by atoms with van der Waals surface area (Å²) in [5, 5.41) is 35.4. The predicted molar refractivity (Wildman–Crippen MR) is 123 cm³/mol. The van der Waals surface area contributed by atoms with E-state index in [1.54, 1.807) is 6.92 Å². The summed E-state index contributed by atoms with van der Waals surface area (Å²) in [5.41, 5.74) is 0.948. The molecule has 0 aliphatic carbocycles. The van der Waals surface area contributed by atoms with E-state index >= 15 is 0 Å². The summed E-state index contributed by atoms with van der Waals surface area (Å²) in [6.07, 6.45) is 0. The third kappa shape index (κ3) is 4.39. The molecule has 3 unspecified atom stereocenters. The number of nitrogens with one attached hydrogen (secondary N) is 1. The smallest absolute Gasteiger partial charge is 0.390 e. The maximum Gasteiger partial charge on any atom is 0.390 e. The van der Waals surface area contributed by atoms with Crippen molar-refractivity contribution in [3.63, 3.8) is 0 Å². The molecule has 4 heterocycles. The molecule has 16 heteroatoms. The average Bonchev–Trinajstić information content (AvgIpc) is 3.39. The molecule has 0 spiro atoms. The van der Waals surface area contributed by atoms with Crippen LogP contribution < -0.4 is 5.32 Å². The van der Waals surface area contributed by atoms with E-state index in [2.05, 4.69) is 20.6 Å². The number of hydrogen-bond acceptors (Lipinski definition) is 11. The van der Waals surface area contributed by atoms with Crippen LogP contribution in [-0.4, -0.2) is 75.6 Å². The largest absolute Gasteiger partial charge is 0.477 e. The lowest BCUT2D eigenvalue weighted by Gasteiger charge is -2.49. The first kappa shape index (κ1) is 24.2. The number of carbonyl (C=O) groups excluding carboxylic acids is 2.